The minimum atomic E-state index is -0.256. The van der Waals surface area contributed by atoms with Crippen LogP contribution in [0.3, 0.4) is 0 Å². The molecular weight excluding hydrogens is 314 g/mol. The Morgan fingerprint density at radius 2 is 2.13 bits per heavy atom. The van der Waals surface area contributed by atoms with Gasteiger partial charge in [-0.05, 0) is 37.1 Å². The number of rotatable bonds is 6. The number of hydrogen-bond acceptors (Lipinski definition) is 6. The monoisotopic (exact) mass is 331 g/mol. The third-order valence-corrected chi connectivity index (χ3v) is 4.45. The lowest BCUT2D eigenvalue weighted by molar-refractivity contribution is -0.111. The second-order valence-corrected chi connectivity index (χ2v) is 6.16. The van der Waals surface area contributed by atoms with Gasteiger partial charge in [-0.15, -0.1) is 10.2 Å². The summed E-state index contributed by atoms with van der Waals surface area (Å²) in [5.41, 5.74) is 0.762. The van der Waals surface area contributed by atoms with Gasteiger partial charge in [-0.25, -0.2) is 0 Å². The van der Waals surface area contributed by atoms with E-state index in [9.17, 15) is 4.79 Å². The molecule has 0 saturated heterocycles. The van der Waals surface area contributed by atoms with Crippen molar-refractivity contribution in [3.05, 3.63) is 34.8 Å². The number of carbonyl (C=O) groups excluding carboxylic acids is 1. The van der Waals surface area contributed by atoms with Crippen molar-refractivity contribution in [2.75, 3.05) is 19.5 Å². The van der Waals surface area contributed by atoms with Gasteiger partial charge in [0.15, 0.2) is 0 Å². The molecule has 1 saturated carbocycles. The van der Waals surface area contributed by atoms with E-state index in [0.717, 1.165) is 23.4 Å². The van der Waals surface area contributed by atoms with Gasteiger partial charge in [0.2, 0.25) is 11.0 Å². The van der Waals surface area contributed by atoms with Gasteiger partial charge < -0.3 is 9.47 Å². The number of nitrogens with one attached hydrogen (secondary N) is 1. The Bertz CT molecular complexity index is 738. The quantitative estimate of drug-likeness (QED) is 0.824. The summed E-state index contributed by atoms with van der Waals surface area (Å²) in [6.07, 6.45) is 5.45. The normalized spacial score (nSPS) is 14.0. The second-order valence-electron chi connectivity index (χ2n) is 5.15. The van der Waals surface area contributed by atoms with E-state index in [1.807, 2.05) is 0 Å². The van der Waals surface area contributed by atoms with Crippen LogP contribution in [0.5, 0.6) is 11.5 Å². The fourth-order valence-electron chi connectivity index (χ4n) is 2.06. The Kier molecular flexibility index (Phi) is 4.57. The van der Waals surface area contributed by atoms with Crippen LogP contribution in [0.15, 0.2) is 24.3 Å². The van der Waals surface area contributed by atoms with E-state index < -0.39 is 0 Å². The van der Waals surface area contributed by atoms with E-state index in [2.05, 4.69) is 15.5 Å². The number of hydrogen-bond donors (Lipinski definition) is 1. The van der Waals surface area contributed by atoms with Gasteiger partial charge in [0.05, 0.1) is 14.2 Å². The van der Waals surface area contributed by atoms with Crippen LogP contribution in [0.25, 0.3) is 6.08 Å². The topological polar surface area (TPSA) is 73.3 Å². The summed E-state index contributed by atoms with van der Waals surface area (Å²) < 4.78 is 10.5. The smallest absolute Gasteiger partial charge is 0.250 e. The maximum absolute atomic E-state index is 12.0. The average molecular weight is 331 g/mol. The summed E-state index contributed by atoms with van der Waals surface area (Å²) in [6.45, 7) is 0. The third-order valence-electron chi connectivity index (χ3n) is 3.45. The number of nitrogens with zero attached hydrogens (tertiary/aromatic N) is 2. The number of anilines is 1. The van der Waals surface area contributed by atoms with E-state index in [1.165, 1.54) is 17.4 Å². The summed E-state index contributed by atoms with van der Waals surface area (Å²) in [5.74, 6) is 1.65. The molecule has 1 N–H and O–H groups in total. The molecule has 0 spiro atoms. The van der Waals surface area contributed by atoms with Crippen LogP contribution >= 0.6 is 11.3 Å². The minimum absolute atomic E-state index is 0.256. The summed E-state index contributed by atoms with van der Waals surface area (Å²) in [5, 5.41) is 12.3. The lowest BCUT2D eigenvalue weighted by Crippen LogP contribution is -2.07. The molecule has 1 aliphatic carbocycles. The second kappa shape index (κ2) is 6.78. The van der Waals surface area contributed by atoms with E-state index in [0.29, 0.717) is 22.5 Å². The number of methoxy groups -OCH3 is 2. The number of ether oxygens (including phenoxy) is 2. The molecule has 1 aromatic heterocycles. The summed E-state index contributed by atoms with van der Waals surface area (Å²) >= 11 is 1.43. The van der Waals surface area contributed by atoms with Gasteiger partial charge in [0.1, 0.15) is 16.5 Å². The molecule has 120 valence electrons. The van der Waals surface area contributed by atoms with Crippen LogP contribution in [0.2, 0.25) is 0 Å². The molecule has 0 atom stereocenters. The van der Waals surface area contributed by atoms with Crippen molar-refractivity contribution in [1.29, 1.82) is 0 Å². The van der Waals surface area contributed by atoms with Crippen molar-refractivity contribution in [1.82, 2.24) is 10.2 Å². The first kappa shape index (κ1) is 15.5. The molecule has 3 rings (SSSR count). The predicted octanol–water partition coefficient (Wildman–Crippen LogP) is 3.08. The SMILES string of the molecule is COc1ccc(OC)c(C=CC(=O)Nc2nnc(C3CC3)s2)c1. The summed E-state index contributed by atoms with van der Waals surface area (Å²) in [4.78, 5) is 12.0. The van der Waals surface area contributed by atoms with E-state index in [1.54, 1.807) is 38.5 Å². The fourth-order valence-corrected chi connectivity index (χ4v) is 2.98. The highest BCUT2D eigenvalue weighted by Gasteiger charge is 2.27. The molecule has 0 bridgehead atoms. The molecule has 23 heavy (non-hydrogen) atoms. The number of amides is 1. The van der Waals surface area contributed by atoms with Crippen molar-refractivity contribution < 1.29 is 14.3 Å². The highest BCUT2D eigenvalue weighted by atomic mass is 32.1. The lowest BCUT2D eigenvalue weighted by atomic mass is 10.1. The third kappa shape index (κ3) is 3.87. The maximum atomic E-state index is 12.0. The maximum Gasteiger partial charge on any atom is 0.250 e. The van der Waals surface area contributed by atoms with Crippen molar-refractivity contribution in [3.63, 3.8) is 0 Å². The summed E-state index contributed by atoms with van der Waals surface area (Å²) in [7, 11) is 3.18. The van der Waals surface area contributed by atoms with Crippen LogP contribution in [0, 0.1) is 0 Å². The van der Waals surface area contributed by atoms with Gasteiger partial charge in [0, 0.05) is 17.6 Å². The van der Waals surface area contributed by atoms with Gasteiger partial charge in [-0.2, -0.15) is 0 Å². The number of aromatic nitrogens is 2. The standard InChI is InChI=1S/C16H17N3O3S/c1-21-12-6-7-13(22-2)11(9-12)5-8-14(20)17-16-19-18-15(23-16)10-3-4-10/h5-10H,3-4H2,1-2H3,(H,17,19,20). The molecule has 1 amide bonds. The zero-order valence-corrected chi connectivity index (χ0v) is 13.7. The Balaban J connectivity index is 1.67. The fraction of sp³-hybridized carbons (Fsp3) is 0.312. The van der Waals surface area contributed by atoms with Crippen LogP contribution in [0.1, 0.15) is 29.3 Å². The first-order valence-corrected chi connectivity index (χ1v) is 8.05. The molecular formula is C16H17N3O3S. The van der Waals surface area contributed by atoms with Gasteiger partial charge in [-0.1, -0.05) is 11.3 Å². The number of benzene rings is 1. The molecule has 1 aromatic carbocycles. The zero-order valence-electron chi connectivity index (χ0n) is 12.9. The van der Waals surface area contributed by atoms with Crippen LogP contribution in [-0.2, 0) is 4.79 Å². The van der Waals surface area contributed by atoms with Crippen molar-refractivity contribution in [3.8, 4) is 11.5 Å². The van der Waals surface area contributed by atoms with Gasteiger partial charge in [0.25, 0.3) is 0 Å². The Morgan fingerprint density at radius 1 is 1.30 bits per heavy atom. The molecule has 0 radical (unpaired) electrons. The number of carbonyl (C=O) groups is 1. The molecule has 6 nitrogen and oxygen atoms in total. The van der Waals surface area contributed by atoms with Crippen molar-refractivity contribution in [2.45, 2.75) is 18.8 Å². The molecule has 2 aromatic rings. The zero-order chi connectivity index (χ0) is 16.2. The summed E-state index contributed by atoms with van der Waals surface area (Å²) in [6, 6.07) is 5.40. The van der Waals surface area contributed by atoms with Crippen LogP contribution < -0.4 is 14.8 Å². The molecule has 7 heteroatoms. The van der Waals surface area contributed by atoms with E-state index in [4.69, 9.17) is 9.47 Å². The molecule has 1 aliphatic rings. The minimum Gasteiger partial charge on any atom is -0.497 e. The van der Waals surface area contributed by atoms with Gasteiger partial charge >= 0.3 is 0 Å². The highest BCUT2D eigenvalue weighted by Crippen LogP contribution is 2.42. The Hall–Kier alpha value is -2.41. The van der Waals surface area contributed by atoms with Gasteiger partial charge in [-0.3, -0.25) is 10.1 Å². The highest BCUT2D eigenvalue weighted by molar-refractivity contribution is 7.15. The Labute approximate surface area is 138 Å². The van der Waals surface area contributed by atoms with Crippen LogP contribution in [0.4, 0.5) is 5.13 Å². The average Bonchev–Trinajstić information content (AvgIpc) is 3.32. The van der Waals surface area contributed by atoms with Crippen molar-refractivity contribution >= 4 is 28.5 Å². The van der Waals surface area contributed by atoms with E-state index >= 15 is 0 Å². The molecule has 1 heterocycles. The largest absolute Gasteiger partial charge is 0.497 e. The molecule has 0 aliphatic heterocycles. The Morgan fingerprint density at radius 3 is 2.83 bits per heavy atom. The van der Waals surface area contributed by atoms with Crippen molar-refractivity contribution in [2.24, 2.45) is 0 Å². The first-order valence-electron chi connectivity index (χ1n) is 7.24. The first-order chi connectivity index (χ1) is 11.2. The molecule has 1 fully saturated rings. The predicted molar refractivity (Wildman–Crippen MR) is 89.1 cm³/mol. The molecule has 0 unspecified atom stereocenters. The van der Waals surface area contributed by atoms with Crippen LogP contribution in [-0.4, -0.2) is 30.3 Å². The van der Waals surface area contributed by atoms with E-state index in [-0.39, 0.29) is 5.91 Å². The lowest BCUT2D eigenvalue weighted by Gasteiger charge is -2.07.